The Bertz CT molecular complexity index is 535. The first-order valence-corrected chi connectivity index (χ1v) is 6.85. The molecule has 0 aliphatic carbocycles. The highest BCUT2D eigenvalue weighted by atomic mass is 35.5. The zero-order valence-electron chi connectivity index (χ0n) is 10.5. The number of hydrogen-bond donors (Lipinski definition) is 1. The predicted octanol–water partition coefficient (Wildman–Crippen LogP) is 2.45. The monoisotopic (exact) mass is 317 g/mol. The summed E-state index contributed by atoms with van der Waals surface area (Å²) >= 11 is 11.7. The lowest BCUT2D eigenvalue weighted by Gasteiger charge is -2.21. The lowest BCUT2D eigenvalue weighted by molar-refractivity contribution is -0.148. The predicted molar refractivity (Wildman–Crippen MR) is 74.3 cm³/mol. The molecular weight excluding hydrogens is 305 g/mol. The van der Waals surface area contributed by atoms with Crippen LogP contribution in [0.15, 0.2) is 18.2 Å². The fraction of sp³-hybridized carbons (Fsp3) is 0.385. The van der Waals surface area contributed by atoms with Gasteiger partial charge in [0.2, 0.25) is 0 Å². The topological polar surface area (TPSA) is 66.8 Å². The highest BCUT2D eigenvalue weighted by molar-refractivity contribution is 6.34. The minimum atomic E-state index is -0.989. The van der Waals surface area contributed by atoms with E-state index in [1.165, 1.54) is 11.0 Å². The van der Waals surface area contributed by atoms with Crippen LogP contribution in [0.5, 0.6) is 5.75 Å². The van der Waals surface area contributed by atoms with Crippen LogP contribution < -0.4 is 4.74 Å². The Balaban J connectivity index is 1.98. The highest BCUT2D eigenvalue weighted by Crippen LogP contribution is 2.28. The lowest BCUT2D eigenvalue weighted by Crippen LogP contribution is -2.42. The Morgan fingerprint density at radius 3 is 2.85 bits per heavy atom. The SMILES string of the molecule is O=C(O)C1CCCN1C(=O)COc1cc(Cl)ccc1Cl. The number of amides is 1. The summed E-state index contributed by atoms with van der Waals surface area (Å²) in [4.78, 5) is 24.3. The van der Waals surface area contributed by atoms with Crippen molar-refractivity contribution in [3.8, 4) is 5.75 Å². The van der Waals surface area contributed by atoms with E-state index in [1.807, 2.05) is 0 Å². The van der Waals surface area contributed by atoms with Gasteiger partial charge in [0.25, 0.3) is 5.91 Å². The maximum absolute atomic E-state index is 12.0. The van der Waals surface area contributed by atoms with Gasteiger partial charge in [-0.1, -0.05) is 23.2 Å². The molecule has 0 saturated carbocycles. The van der Waals surface area contributed by atoms with Gasteiger partial charge in [0.05, 0.1) is 5.02 Å². The molecule has 1 aromatic rings. The number of carboxylic acids is 1. The summed E-state index contributed by atoms with van der Waals surface area (Å²) in [5, 5.41) is 9.82. The molecule has 0 aromatic heterocycles. The van der Waals surface area contributed by atoms with Crippen molar-refractivity contribution in [3.05, 3.63) is 28.2 Å². The van der Waals surface area contributed by atoms with Crippen LogP contribution >= 0.6 is 23.2 Å². The molecule has 1 amide bonds. The van der Waals surface area contributed by atoms with Gasteiger partial charge in [-0.2, -0.15) is 0 Å². The van der Waals surface area contributed by atoms with E-state index in [-0.39, 0.29) is 12.5 Å². The van der Waals surface area contributed by atoms with Crippen molar-refractivity contribution in [1.82, 2.24) is 4.90 Å². The van der Waals surface area contributed by atoms with E-state index in [4.69, 9.17) is 33.0 Å². The Morgan fingerprint density at radius 1 is 1.40 bits per heavy atom. The number of ether oxygens (including phenoxy) is 1. The van der Waals surface area contributed by atoms with Crippen LogP contribution in [0.4, 0.5) is 0 Å². The van der Waals surface area contributed by atoms with Crippen molar-refractivity contribution in [2.75, 3.05) is 13.2 Å². The van der Waals surface area contributed by atoms with Gasteiger partial charge in [-0.3, -0.25) is 4.79 Å². The van der Waals surface area contributed by atoms with Crippen LogP contribution in [-0.4, -0.2) is 41.1 Å². The average molecular weight is 318 g/mol. The summed E-state index contributed by atoms with van der Waals surface area (Å²) in [6.07, 6.45) is 1.15. The molecule has 1 heterocycles. The third-order valence-corrected chi connectivity index (χ3v) is 3.65. The Kier molecular flexibility index (Phi) is 4.73. The zero-order chi connectivity index (χ0) is 14.7. The largest absolute Gasteiger partial charge is 0.482 e. The van der Waals surface area contributed by atoms with E-state index in [0.29, 0.717) is 35.2 Å². The summed E-state index contributed by atoms with van der Waals surface area (Å²) < 4.78 is 5.32. The number of aliphatic carboxylic acids is 1. The molecule has 2 rings (SSSR count). The van der Waals surface area contributed by atoms with Gasteiger partial charge >= 0.3 is 5.97 Å². The number of carboxylic acid groups (broad SMARTS) is 1. The van der Waals surface area contributed by atoms with Gasteiger partial charge in [-0.05, 0) is 25.0 Å². The molecule has 1 aliphatic heterocycles. The Hall–Kier alpha value is -1.46. The van der Waals surface area contributed by atoms with Gasteiger partial charge in [0, 0.05) is 17.6 Å². The van der Waals surface area contributed by atoms with Crippen LogP contribution in [0, 0.1) is 0 Å². The average Bonchev–Trinajstić information content (AvgIpc) is 2.89. The van der Waals surface area contributed by atoms with Crippen LogP contribution in [0.25, 0.3) is 0 Å². The van der Waals surface area contributed by atoms with E-state index in [2.05, 4.69) is 0 Å². The number of halogens is 2. The second kappa shape index (κ2) is 6.33. The molecule has 20 heavy (non-hydrogen) atoms. The smallest absolute Gasteiger partial charge is 0.326 e. The molecule has 5 nitrogen and oxygen atoms in total. The highest BCUT2D eigenvalue weighted by Gasteiger charge is 2.33. The number of rotatable bonds is 4. The van der Waals surface area contributed by atoms with Gasteiger partial charge < -0.3 is 14.7 Å². The van der Waals surface area contributed by atoms with E-state index in [0.717, 1.165) is 0 Å². The second-order valence-electron chi connectivity index (χ2n) is 4.45. The van der Waals surface area contributed by atoms with Gasteiger partial charge in [-0.15, -0.1) is 0 Å². The molecule has 108 valence electrons. The molecule has 1 aromatic carbocycles. The third-order valence-electron chi connectivity index (χ3n) is 3.10. The number of benzene rings is 1. The molecule has 0 spiro atoms. The molecule has 1 saturated heterocycles. The van der Waals surface area contributed by atoms with Gasteiger partial charge in [0.1, 0.15) is 11.8 Å². The normalized spacial score (nSPS) is 18.1. The number of carbonyl (C=O) groups is 2. The maximum atomic E-state index is 12.0. The fourth-order valence-electron chi connectivity index (χ4n) is 2.13. The fourth-order valence-corrected chi connectivity index (χ4v) is 2.47. The Labute approximate surface area is 126 Å². The van der Waals surface area contributed by atoms with Crippen molar-refractivity contribution in [3.63, 3.8) is 0 Å². The molecule has 1 unspecified atom stereocenters. The van der Waals surface area contributed by atoms with Crippen molar-refractivity contribution in [1.29, 1.82) is 0 Å². The first-order chi connectivity index (χ1) is 9.49. The summed E-state index contributed by atoms with van der Waals surface area (Å²) in [7, 11) is 0. The van der Waals surface area contributed by atoms with Crippen LogP contribution in [0.1, 0.15) is 12.8 Å². The van der Waals surface area contributed by atoms with Crippen LogP contribution in [0.2, 0.25) is 10.0 Å². The number of likely N-dealkylation sites (tertiary alicyclic amines) is 1. The number of nitrogens with zero attached hydrogens (tertiary/aromatic N) is 1. The summed E-state index contributed by atoms with van der Waals surface area (Å²) in [6.45, 7) is 0.173. The third kappa shape index (κ3) is 3.35. The standard InChI is InChI=1S/C13H13Cl2NO4/c14-8-3-4-9(15)11(6-8)20-7-12(17)16-5-1-2-10(16)13(18)19/h3-4,6,10H,1-2,5,7H2,(H,18,19). The maximum Gasteiger partial charge on any atom is 0.326 e. The first-order valence-electron chi connectivity index (χ1n) is 6.09. The van der Waals surface area contributed by atoms with Crippen molar-refractivity contribution < 1.29 is 19.4 Å². The van der Waals surface area contributed by atoms with Crippen LogP contribution in [0.3, 0.4) is 0 Å². The Morgan fingerprint density at radius 2 is 2.15 bits per heavy atom. The first kappa shape index (κ1) is 14.9. The van der Waals surface area contributed by atoms with Gasteiger partial charge in [-0.25, -0.2) is 4.79 Å². The molecule has 1 N–H and O–H groups in total. The van der Waals surface area contributed by atoms with Crippen molar-refractivity contribution in [2.45, 2.75) is 18.9 Å². The number of hydrogen-bond acceptors (Lipinski definition) is 3. The summed E-state index contributed by atoms with van der Waals surface area (Å²) in [6, 6.07) is 3.93. The van der Waals surface area contributed by atoms with Crippen molar-refractivity contribution in [2.24, 2.45) is 0 Å². The molecule has 1 fully saturated rings. The van der Waals surface area contributed by atoms with E-state index < -0.39 is 12.0 Å². The van der Waals surface area contributed by atoms with E-state index >= 15 is 0 Å². The summed E-state index contributed by atoms with van der Waals surface area (Å²) in [5.41, 5.74) is 0. The molecule has 0 bridgehead atoms. The summed E-state index contributed by atoms with van der Waals surface area (Å²) in [5.74, 6) is -1.05. The zero-order valence-corrected chi connectivity index (χ0v) is 12.0. The number of carbonyl (C=O) groups excluding carboxylic acids is 1. The van der Waals surface area contributed by atoms with E-state index in [9.17, 15) is 9.59 Å². The minimum absolute atomic E-state index is 0.260. The minimum Gasteiger partial charge on any atom is -0.482 e. The molecule has 1 aliphatic rings. The van der Waals surface area contributed by atoms with Crippen molar-refractivity contribution >= 4 is 35.1 Å². The van der Waals surface area contributed by atoms with E-state index in [1.54, 1.807) is 12.1 Å². The van der Waals surface area contributed by atoms with Gasteiger partial charge in [0.15, 0.2) is 6.61 Å². The van der Waals surface area contributed by atoms with Crippen LogP contribution in [-0.2, 0) is 9.59 Å². The molecular formula is C13H13Cl2NO4. The molecule has 1 atom stereocenters. The lowest BCUT2D eigenvalue weighted by atomic mass is 10.2. The second-order valence-corrected chi connectivity index (χ2v) is 5.29. The molecule has 7 heteroatoms. The quantitative estimate of drug-likeness (QED) is 0.926. The molecule has 0 radical (unpaired) electrons.